The van der Waals surface area contributed by atoms with E-state index in [1.807, 2.05) is 0 Å². The van der Waals surface area contributed by atoms with E-state index in [1.54, 1.807) is 6.07 Å². The number of carbonyl (C=O) groups is 2. The molecule has 2 heterocycles. The summed E-state index contributed by atoms with van der Waals surface area (Å²) >= 11 is 1.19. The topological polar surface area (TPSA) is 71.5 Å². The molecule has 1 aliphatic heterocycles. The number of benzene rings is 1. The molecule has 1 aromatic carbocycles. The van der Waals surface area contributed by atoms with Crippen molar-refractivity contribution >= 4 is 42.2 Å². The Morgan fingerprint density at radius 2 is 2.23 bits per heavy atom. The van der Waals surface area contributed by atoms with Crippen molar-refractivity contribution in [2.45, 2.75) is 31.1 Å². The second-order valence-electron chi connectivity index (χ2n) is 8.57. The van der Waals surface area contributed by atoms with E-state index in [4.69, 9.17) is 4.74 Å². The second kappa shape index (κ2) is 8.97. The molecule has 3 atom stereocenters. The Bertz CT molecular complexity index is 1010. The maximum Gasteiger partial charge on any atom is 0.314 e. The third kappa shape index (κ3) is 4.32. The number of nitrogens with one attached hydrogen (secondary N) is 1. The van der Waals surface area contributed by atoms with Gasteiger partial charge in [0.15, 0.2) is 5.81 Å². The average Bonchev–Trinajstić information content (AvgIpc) is 3.36. The number of piperidine rings is 1. The molecule has 1 N–H and O–H groups in total. The van der Waals surface area contributed by atoms with Gasteiger partial charge in [-0.3, -0.25) is 9.59 Å². The molecule has 1 unspecified atom stereocenters. The van der Waals surface area contributed by atoms with E-state index in [9.17, 15) is 9.59 Å². The molecule has 0 saturated carbocycles. The molecule has 31 heavy (non-hydrogen) atoms. The fraction of sp³-hybridized carbons (Fsp3) is 0.435. The van der Waals surface area contributed by atoms with Crippen molar-refractivity contribution in [3.8, 4) is 0 Å². The van der Waals surface area contributed by atoms with Crippen LogP contribution in [0.3, 0.4) is 0 Å². The zero-order valence-corrected chi connectivity index (χ0v) is 19.1. The number of rotatable bonds is 6. The summed E-state index contributed by atoms with van der Waals surface area (Å²) in [6.07, 6.45) is 6.38. The van der Waals surface area contributed by atoms with Crippen LogP contribution in [-0.4, -0.2) is 55.6 Å². The van der Waals surface area contributed by atoms with Crippen LogP contribution >= 0.6 is 11.5 Å². The number of methoxy groups -OCH3 is 1. The van der Waals surface area contributed by atoms with Crippen molar-refractivity contribution in [1.29, 1.82) is 0 Å². The third-order valence-electron chi connectivity index (χ3n) is 6.68. The summed E-state index contributed by atoms with van der Waals surface area (Å²) in [5.74, 6) is -0.372. The minimum atomic E-state index is -0.429. The van der Waals surface area contributed by atoms with Gasteiger partial charge in [-0.15, -0.1) is 0 Å². The monoisotopic (exact) mass is 437 g/mol. The predicted molar refractivity (Wildman–Crippen MR) is 126 cm³/mol. The average molecular weight is 437 g/mol. The lowest BCUT2D eigenvalue weighted by atomic mass is 9.68. The maximum absolute atomic E-state index is 12.4. The Kier molecular flexibility index (Phi) is 6.30. The Morgan fingerprint density at radius 3 is 2.97 bits per heavy atom. The van der Waals surface area contributed by atoms with Gasteiger partial charge in [0.25, 0.3) is 0 Å². The molecular weight excluding hydrogens is 409 g/mol. The SMILES string of the molecule is BC(=O)Nc1cc(C(CCN2CC[C@@]3(C=Cc4ccccc43)[C@@H](C)C2)C(=O)OC)ns1. The zero-order chi connectivity index (χ0) is 22.0. The number of hydrogen-bond acceptors (Lipinski definition) is 6. The normalized spacial score (nSPS) is 23.5. The van der Waals surface area contributed by atoms with Gasteiger partial charge in [-0.1, -0.05) is 43.3 Å². The first-order chi connectivity index (χ1) is 14.9. The number of hydrogen-bond donors (Lipinski definition) is 1. The summed E-state index contributed by atoms with van der Waals surface area (Å²) in [4.78, 5) is 26.2. The smallest absolute Gasteiger partial charge is 0.314 e. The van der Waals surface area contributed by atoms with Crippen molar-refractivity contribution in [2.75, 3.05) is 32.1 Å². The van der Waals surface area contributed by atoms with Gasteiger partial charge in [-0.2, -0.15) is 4.37 Å². The van der Waals surface area contributed by atoms with Crippen LogP contribution in [0.25, 0.3) is 6.08 Å². The fourth-order valence-electron chi connectivity index (χ4n) is 5.00. The second-order valence-corrected chi connectivity index (χ2v) is 9.38. The summed E-state index contributed by atoms with van der Waals surface area (Å²) in [6.45, 7) is 5.11. The highest BCUT2D eigenvalue weighted by molar-refractivity contribution is 7.10. The van der Waals surface area contributed by atoms with E-state index in [1.165, 1.54) is 37.6 Å². The lowest BCUT2D eigenvalue weighted by Gasteiger charge is -2.44. The Morgan fingerprint density at radius 1 is 1.42 bits per heavy atom. The third-order valence-corrected chi connectivity index (χ3v) is 7.40. The van der Waals surface area contributed by atoms with Gasteiger partial charge in [-0.05, 0) is 60.6 Å². The van der Waals surface area contributed by atoms with Gasteiger partial charge in [0.2, 0.25) is 7.85 Å². The standard InChI is InChI=1S/C23H28BN3O3S/c1-15-14-27(12-10-23(15)9-7-16-5-3-4-6-18(16)23)11-8-17(21(28)30-2)19-13-20(31-26-19)25-22(24)29/h3-7,9,13,15,17H,8,10-12,14,24H2,1-2H3,(H,25,29)/t15-,17?,23-/m0/s1. The molecule has 1 amide bonds. The van der Waals surface area contributed by atoms with Crippen LogP contribution in [0.4, 0.5) is 9.80 Å². The zero-order valence-electron chi connectivity index (χ0n) is 18.3. The van der Waals surface area contributed by atoms with Crippen molar-refractivity contribution in [3.05, 3.63) is 53.2 Å². The minimum absolute atomic E-state index is 0.122. The molecule has 8 heteroatoms. The highest BCUT2D eigenvalue weighted by Crippen LogP contribution is 2.46. The van der Waals surface area contributed by atoms with Gasteiger partial charge in [0.1, 0.15) is 10.9 Å². The lowest BCUT2D eigenvalue weighted by Crippen LogP contribution is -2.47. The van der Waals surface area contributed by atoms with Crippen molar-refractivity contribution in [3.63, 3.8) is 0 Å². The first-order valence-electron chi connectivity index (χ1n) is 10.8. The molecule has 1 aliphatic carbocycles. The quantitative estimate of drug-likeness (QED) is 0.555. The Labute approximate surface area is 188 Å². The summed E-state index contributed by atoms with van der Waals surface area (Å²) < 4.78 is 9.44. The summed E-state index contributed by atoms with van der Waals surface area (Å²) in [5.41, 5.74) is 3.57. The molecule has 2 aliphatic rings. The maximum atomic E-state index is 12.4. The minimum Gasteiger partial charge on any atom is -0.469 e. The number of allylic oxidation sites excluding steroid dienone is 1. The molecule has 162 valence electrons. The van der Waals surface area contributed by atoms with E-state index < -0.39 is 5.92 Å². The number of carbonyl (C=O) groups excluding carboxylic acids is 2. The molecule has 6 nitrogen and oxygen atoms in total. The number of ether oxygens (including phenoxy) is 1. The molecule has 1 saturated heterocycles. The van der Waals surface area contributed by atoms with Crippen LogP contribution in [0.15, 0.2) is 36.4 Å². The Hall–Kier alpha value is -2.45. The van der Waals surface area contributed by atoms with Crippen LogP contribution < -0.4 is 5.32 Å². The highest BCUT2D eigenvalue weighted by atomic mass is 32.1. The summed E-state index contributed by atoms with van der Waals surface area (Å²) in [7, 11) is 2.87. The van der Waals surface area contributed by atoms with Crippen LogP contribution in [0.5, 0.6) is 0 Å². The predicted octanol–water partition coefficient (Wildman–Crippen LogP) is 3.26. The van der Waals surface area contributed by atoms with E-state index in [0.717, 1.165) is 26.1 Å². The molecular formula is C23H28BN3O3S. The molecule has 1 aromatic heterocycles. The Balaban J connectivity index is 1.41. The van der Waals surface area contributed by atoms with Gasteiger partial charge in [0, 0.05) is 12.0 Å². The number of aromatic nitrogens is 1. The van der Waals surface area contributed by atoms with Crippen LogP contribution in [0.1, 0.15) is 42.5 Å². The van der Waals surface area contributed by atoms with Gasteiger partial charge in [-0.25, -0.2) is 0 Å². The number of anilines is 1. The summed E-state index contributed by atoms with van der Waals surface area (Å²) in [5, 5.41) is 3.38. The van der Waals surface area contributed by atoms with E-state index >= 15 is 0 Å². The molecule has 2 aromatic rings. The molecule has 1 spiro atoms. The number of amides is 1. The molecule has 1 fully saturated rings. The van der Waals surface area contributed by atoms with Crippen LogP contribution in [0.2, 0.25) is 0 Å². The van der Waals surface area contributed by atoms with Gasteiger partial charge < -0.3 is 15.0 Å². The van der Waals surface area contributed by atoms with Crippen molar-refractivity contribution in [2.24, 2.45) is 5.92 Å². The summed E-state index contributed by atoms with van der Waals surface area (Å²) in [6, 6.07) is 10.5. The van der Waals surface area contributed by atoms with E-state index in [0.29, 0.717) is 23.0 Å². The molecule has 0 radical (unpaired) electrons. The number of esters is 1. The molecule has 0 bridgehead atoms. The first-order valence-corrected chi connectivity index (χ1v) is 11.5. The lowest BCUT2D eigenvalue weighted by molar-refractivity contribution is -0.142. The highest BCUT2D eigenvalue weighted by Gasteiger charge is 2.43. The largest absolute Gasteiger partial charge is 0.469 e. The molecule has 4 rings (SSSR count). The van der Waals surface area contributed by atoms with Crippen molar-refractivity contribution < 1.29 is 14.3 Å². The van der Waals surface area contributed by atoms with Gasteiger partial charge in [0.05, 0.1) is 12.8 Å². The van der Waals surface area contributed by atoms with Crippen LogP contribution in [-0.2, 0) is 14.9 Å². The van der Waals surface area contributed by atoms with E-state index in [2.05, 4.69) is 57.9 Å². The number of fused-ring (bicyclic) bond motifs is 2. The van der Waals surface area contributed by atoms with Crippen LogP contribution in [0, 0.1) is 5.92 Å². The number of nitrogens with zero attached hydrogens (tertiary/aromatic N) is 2. The van der Waals surface area contributed by atoms with Crippen molar-refractivity contribution in [1.82, 2.24) is 9.27 Å². The van der Waals surface area contributed by atoms with E-state index in [-0.39, 0.29) is 17.2 Å². The number of likely N-dealkylation sites (tertiary alicyclic amines) is 1. The fourth-order valence-corrected chi connectivity index (χ4v) is 5.75. The van der Waals surface area contributed by atoms with Gasteiger partial charge >= 0.3 is 5.97 Å². The first kappa shape index (κ1) is 21.8.